The summed E-state index contributed by atoms with van der Waals surface area (Å²) < 4.78 is 27.4. The van der Waals surface area contributed by atoms with Crippen LogP contribution < -0.4 is 4.72 Å². The molecule has 0 bridgehead atoms. The number of sulfonamides is 1. The van der Waals surface area contributed by atoms with Crippen LogP contribution >= 0.6 is 11.6 Å². The second kappa shape index (κ2) is 6.49. The van der Waals surface area contributed by atoms with Crippen LogP contribution in [0.3, 0.4) is 0 Å². The van der Waals surface area contributed by atoms with Crippen molar-refractivity contribution in [1.29, 1.82) is 0 Å². The maximum Gasteiger partial charge on any atom is 0.270 e. The van der Waals surface area contributed by atoms with Gasteiger partial charge in [0, 0.05) is 19.3 Å². The van der Waals surface area contributed by atoms with Gasteiger partial charge < -0.3 is 9.88 Å². The van der Waals surface area contributed by atoms with Crippen LogP contribution in [-0.2, 0) is 10.0 Å². The van der Waals surface area contributed by atoms with E-state index in [-0.39, 0.29) is 16.5 Å². The van der Waals surface area contributed by atoms with Gasteiger partial charge in [-0.05, 0) is 43.5 Å². The molecule has 0 unspecified atom stereocenters. The number of nitrogens with one attached hydrogen (secondary N) is 2. The molecule has 1 aliphatic heterocycles. The number of aryl methyl sites for hydroxylation is 1. The van der Waals surface area contributed by atoms with Crippen LogP contribution in [0.15, 0.2) is 35.4 Å². The van der Waals surface area contributed by atoms with Crippen LogP contribution in [0.5, 0.6) is 0 Å². The highest BCUT2D eigenvalue weighted by Crippen LogP contribution is 2.26. The number of amides is 1. The Kier molecular flexibility index (Phi) is 4.56. The Balaban J connectivity index is 1.81. The van der Waals surface area contributed by atoms with E-state index in [1.807, 2.05) is 6.92 Å². The van der Waals surface area contributed by atoms with Gasteiger partial charge in [-0.1, -0.05) is 17.7 Å². The zero-order chi connectivity index (χ0) is 17.3. The lowest BCUT2D eigenvalue weighted by Crippen LogP contribution is -2.27. The molecule has 1 amide bonds. The predicted molar refractivity (Wildman–Crippen MR) is 92.9 cm³/mol. The highest BCUT2D eigenvalue weighted by molar-refractivity contribution is 7.92. The molecule has 1 aliphatic rings. The first-order chi connectivity index (χ1) is 11.4. The fourth-order valence-electron chi connectivity index (χ4n) is 2.65. The van der Waals surface area contributed by atoms with Gasteiger partial charge >= 0.3 is 0 Å². The second-order valence-corrected chi connectivity index (χ2v) is 7.93. The third-order valence-electron chi connectivity index (χ3n) is 3.96. The summed E-state index contributed by atoms with van der Waals surface area (Å²) in [5.41, 5.74) is 1.51. The van der Waals surface area contributed by atoms with E-state index in [9.17, 15) is 13.2 Å². The van der Waals surface area contributed by atoms with Gasteiger partial charge in [-0.2, -0.15) is 0 Å². The second-order valence-electron chi connectivity index (χ2n) is 5.84. The van der Waals surface area contributed by atoms with E-state index in [1.165, 1.54) is 12.3 Å². The number of rotatable bonds is 4. The standard InChI is InChI=1S/C16H18ClN3O3S/c1-11-4-5-14(13(17)8-11)19-24(22,23)12-9-15(18-10-12)16(21)20-6-2-3-7-20/h4-5,8-10,18-19H,2-3,6-7H2,1H3. The Morgan fingerprint density at radius 2 is 1.96 bits per heavy atom. The number of aromatic nitrogens is 1. The molecule has 1 aromatic heterocycles. The minimum absolute atomic E-state index is 0.00156. The van der Waals surface area contributed by atoms with Gasteiger partial charge in [0.2, 0.25) is 0 Å². The molecule has 3 rings (SSSR count). The first-order valence-corrected chi connectivity index (χ1v) is 9.49. The third-order valence-corrected chi connectivity index (χ3v) is 5.62. The molecule has 0 spiro atoms. The Morgan fingerprint density at radius 1 is 1.25 bits per heavy atom. The van der Waals surface area contributed by atoms with Crippen LogP contribution in [-0.4, -0.2) is 37.3 Å². The molecule has 0 radical (unpaired) electrons. The smallest absolute Gasteiger partial charge is 0.270 e. The molecule has 128 valence electrons. The molecule has 1 fully saturated rings. The zero-order valence-electron chi connectivity index (χ0n) is 13.2. The Labute approximate surface area is 145 Å². The minimum Gasteiger partial charge on any atom is -0.356 e. The first-order valence-electron chi connectivity index (χ1n) is 7.63. The highest BCUT2D eigenvalue weighted by atomic mass is 35.5. The average molecular weight is 368 g/mol. The summed E-state index contributed by atoms with van der Waals surface area (Å²) in [6.45, 7) is 3.28. The maximum absolute atomic E-state index is 12.5. The molecule has 0 saturated carbocycles. The van der Waals surface area contributed by atoms with Crippen molar-refractivity contribution < 1.29 is 13.2 Å². The van der Waals surface area contributed by atoms with Gasteiger partial charge in [-0.25, -0.2) is 8.42 Å². The van der Waals surface area contributed by atoms with Crippen molar-refractivity contribution in [1.82, 2.24) is 9.88 Å². The molecular formula is C16H18ClN3O3S. The molecule has 1 aromatic carbocycles. The molecule has 6 nitrogen and oxygen atoms in total. The normalized spacial score (nSPS) is 14.8. The first kappa shape index (κ1) is 16.9. The average Bonchev–Trinajstić information content (AvgIpc) is 3.20. The molecular weight excluding hydrogens is 350 g/mol. The quantitative estimate of drug-likeness (QED) is 0.871. The van der Waals surface area contributed by atoms with E-state index < -0.39 is 10.0 Å². The van der Waals surface area contributed by atoms with Crippen molar-refractivity contribution in [2.24, 2.45) is 0 Å². The van der Waals surface area contributed by atoms with Crippen molar-refractivity contribution in [3.8, 4) is 0 Å². The summed E-state index contributed by atoms with van der Waals surface area (Å²) in [6.07, 6.45) is 3.27. The summed E-state index contributed by atoms with van der Waals surface area (Å²) in [5, 5.41) is 0.322. The van der Waals surface area contributed by atoms with E-state index in [4.69, 9.17) is 11.6 Å². The summed E-state index contributed by atoms with van der Waals surface area (Å²) >= 11 is 6.07. The largest absolute Gasteiger partial charge is 0.356 e. The molecule has 24 heavy (non-hydrogen) atoms. The van der Waals surface area contributed by atoms with E-state index in [1.54, 1.807) is 23.1 Å². The van der Waals surface area contributed by atoms with Crippen LogP contribution in [0, 0.1) is 6.92 Å². The van der Waals surface area contributed by atoms with Gasteiger partial charge in [-0.3, -0.25) is 9.52 Å². The number of hydrogen-bond acceptors (Lipinski definition) is 3. The Hall–Kier alpha value is -1.99. The molecule has 8 heteroatoms. The highest BCUT2D eigenvalue weighted by Gasteiger charge is 2.24. The van der Waals surface area contributed by atoms with Crippen molar-refractivity contribution in [3.63, 3.8) is 0 Å². The number of carbonyl (C=O) groups excluding carboxylic acids is 1. The van der Waals surface area contributed by atoms with Gasteiger partial charge in [0.05, 0.1) is 10.7 Å². The van der Waals surface area contributed by atoms with Gasteiger partial charge in [0.1, 0.15) is 10.6 Å². The summed E-state index contributed by atoms with van der Waals surface area (Å²) in [4.78, 5) is 16.8. The molecule has 2 heterocycles. The predicted octanol–water partition coefficient (Wildman–Crippen LogP) is 3.01. The number of nitrogens with zero attached hydrogens (tertiary/aromatic N) is 1. The van der Waals surface area contributed by atoms with Crippen molar-refractivity contribution in [3.05, 3.63) is 46.7 Å². The summed E-state index contributed by atoms with van der Waals surface area (Å²) in [5.74, 6) is -0.178. The maximum atomic E-state index is 12.5. The number of anilines is 1. The van der Waals surface area contributed by atoms with Crippen LogP contribution in [0.4, 0.5) is 5.69 Å². The lowest BCUT2D eigenvalue weighted by molar-refractivity contribution is 0.0787. The lowest BCUT2D eigenvalue weighted by atomic mass is 10.2. The number of H-pyrrole nitrogens is 1. The number of aromatic amines is 1. The molecule has 2 aromatic rings. The number of carbonyl (C=O) groups is 1. The van der Waals surface area contributed by atoms with E-state index in [0.29, 0.717) is 23.8 Å². The minimum atomic E-state index is -3.82. The Bertz CT molecular complexity index is 870. The van der Waals surface area contributed by atoms with E-state index in [0.717, 1.165) is 18.4 Å². The van der Waals surface area contributed by atoms with E-state index >= 15 is 0 Å². The number of hydrogen-bond donors (Lipinski definition) is 2. The molecule has 1 saturated heterocycles. The molecule has 0 aliphatic carbocycles. The fourth-order valence-corrected chi connectivity index (χ4v) is 4.06. The van der Waals surface area contributed by atoms with Crippen molar-refractivity contribution >= 4 is 33.2 Å². The van der Waals surface area contributed by atoms with Crippen molar-refractivity contribution in [2.75, 3.05) is 17.8 Å². The monoisotopic (exact) mass is 367 g/mol. The lowest BCUT2D eigenvalue weighted by Gasteiger charge is -2.13. The van der Waals surface area contributed by atoms with Gasteiger partial charge in [0.15, 0.2) is 0 Å². The Morgan fingerprint density at radius 3 is 2.62 bits per heavy atom. The third kappa shape index (κ3) is 3.42. The topological polar surface area (TPSA) is 82.3 Å². The molecule has 2 N–H and O–H groups in total. The molecule has 0 atom stereocenters. The van der Waals surface area contributed by atoms with E-state index in [2.05, 4.69) is 9.71 Å². The van der Waals surface area contributed by atoms with Crippen LogP contribution in [0.1, 0.15) is 28.9 Å². The number of benzene rings is 1. The zero-order valence-corrected chi connectivity index (χ0v) is 14.7. The van der Waals surface area contributed by atoms with Crippen molar-refractivity contribution in [2.45, 2.75) is 24.7 Å². The fraction of sp³-hybridized carbons (Fsp3) is 0.312. The van der Waals surface area contributed by atoms with Gasteiger partial charge in [0.25, 0.3) is 15.9 Å². The van der Waals surface area contributed by atoms with Crippen LogP contribution in [0.2, 0.25) is 5.02 Å². The summed E-state index contributed by atoms with van der Waals surface area (Å²) in [7, 11) is -3.82. The SMILES string of the molecule is Cc1ccc(NS(=O)(=O)c2c[nH]c(C(=O)N3CCCC3)c2)c(Cl)c1. The van der Waals surface area contributed by atoms with Crippen LogP contribution in [0.25, 0.3) is 0 Å². The van der Waals surface area contributed by atoms with Gasteiger partial charge in [-0.15, -0.1) is 0 Å². The summed E-state index contributed by atoms with van der Waals surface area (Å²) in [6, 6.07) is 6.41. The number of likely N-dealkylation sites (tertiary alicyclic amines) is 1. The number of halogens is 1.